The van der Waals surface area contributed by atoms with Crippen molar-refractivity contribution in [1.82, 2.24) is 0 Å². The molecule has 0 radical (unpaired) electrons. The zero-order valence-electron chi connectivity index (χ0n) is 8.65. The molecule has 8 heteroatoms. The molecule has 0 saturated heterocycles. The van der Waals surface area contributed by atoms with Crippen molar-refractivity contribution < 1.29 is 8.42 Å². The van der Waals surface area contributed by atoms with Crippen LogP contribution in [-0.2, 0) is 10.0 Å². The van der Waals surface area contributed by atoms with E-state index in [9.17, 15) is 8.42 Å². The summed E-state index contributed by atoms with van der Waals surface area (Å²) in [5.74, 6) is 0. The number of nitrogens with one attached hydrogen (secondary N) is 1. The first-order chi connectivity index (χ1) is 8.38. The molecule has 0 saturated carbocycles. The second kappa shape index (κ2) is 5.38. The van der Waals surface area contributed by atoms with Crippen LogP contribution in [0.1, 0.15) is 0 Å². The molecule has 1 aromatic heterocycles. The van der Waals surface area contributed by atoms with Crippen LogP contribution >= 0.6 is 50.5 Å². The quantitative estimate of drug-likeness (QED) is 0.836. The Hall–Kier alpha value is -0.270. The van der Waals surface area contributed by atoms with Gasteiger partial charge in [0, 0.05) is 5.02 Å². The highest BCUT2D eigenvalue weighted by Gasteiger charge is 2.19. The number of halogens is 3. The zero-order valence-corrected chi connectivity index (χ0v) is 13.4. The van der Waals surface area contributed by atoms with E-state index in [1.807, 2.05) is 0 Å². The molecule has 0 amide bonds. The van der Waals surface area contributed by atoms with E-state index in [0.717, 1.165) is 11.3 Å². The van der Waals surface area contributed by atoms with Gasteiger partial charge in [-0.25, -0.2) is 8.42 Å². The molecular weight excluding hydrogens is 381 g/mol. The molecule has 0 bridgehead atoms. The minimum atomic E-state index is -3.64. The summed E-state index contributed by atoms with van der Waals surface area (Å²) in [7, 11) is -3.64. The van der Waals surface area contributed by atoms with Gasteiger partial charge < -0.3 is 0 Å². The third kappa shape index (κ3) is 3.19. The Balaban J connectivity index is 2.33. The maximum absolute atomic E-state index is 12.1. The first-order valence-electron chi connectivity index (χ1n) is 4.62. The topological polar surface area (TPSA) is 46.2 Å². The Bertz CT molecular complexity index is 665. The number of sulfonamides is 1. The van der Waals surface area contributed by atoms with Crippen molar-refractivity contribution in [2.45, 2.75) is 4.21 Å². The molecule has 96 valence electrons. The number of hydrogen-bond acceptors (Lipinski definition) is 3. The Morgan fingerprint density at radius 3 is 2.50 bits per heavy atom. The van der Waals surface area contributed by atoms with Crippen LogP contribution in [0, 0.1) is 0 Å². The van der Waals surface area contributed by atoms with Gasteiger partial charge in [0.1, 0.15) is 4.21 Å². The second-order valence-corrected chi connectivity index (χ2v) is 8.43. The highest BCUT2D eigenvalue weighted by atomic mass is 79.9. The van der Waals surface area contributed by atoms with Crippen molar-refractivity contribution in [2.75, 3.05) is 4.72 Å². The predicted octanol–water partition coefficient (Wildman–Crippen LogP) is 4.62. The number of hydrogen-bond donors (Lipinski definition) is 1. The highest BCUT2D eigenvalue weighted by Crippen LogP contribution is 2.35. The van der Waals surface area contributed by atoms with Crippen molar-refractivity contribution in [1.29, 1.82) is 0 Å². The fraction of sp³-hybridized carbons (Fsp3) is 0. The molecule has 1 N–H and O–H groups in total. The summed E-state index contributed by atoms with van der Waals surface area (Å²) in [6.07, 6.45) is 0. The van der Waals surface area contributed by atoms with Crippen LogP contribution in [0.4, 0.5) is 5.69 Å². The summed E-state index contributed by atoms with van der Waals surface area (Å²) in [5, 5.41) is 0.826. The molecule has 0 fully saturated rings. The van der Waals surface area contributed by atoms with E-state index in [0.29, 0.717) is 19.5 Å². The fourth-order valence-corrected chi connectivity index (χ4v) is 4.85. The minimum Gasteiger partial charge on any atom is -0.279 e. The molecule has 2 aromatic rings. The highest BCUT2D eigenvalue weighted by molar-refractivity contribution is 9.11. The van der Waals surface area contributed by atoms with Gasteiger partial charge in [0.05, 0.1) is 14.5 Å². The smallest absolute Gasteiger partial charge is 0.271 e. The Morgan fingerprint density at radius 1 is 1.22 bits per heavy atom. The van der Waals surface area contributed by atoms with E-state index in [2.05, 4.69) is 20.7 Å². The van der Waals surface area contributed by atoms with E-state index < -0.39 is 10.0 Å². The summed E-state index contributed by atoms with van der Waals surface area (Å²) in [6.45, 7) is 0. The molecule has 0 aliphatic carbocycles. The average molecular weight is 387 g/mol. The number of benzene rings is 1. The SMILES string of the molecule is O=S(=O)(Nc1cccc(Cl)c1)c1cc(Cl)c(Br)s1. The summed E-state index contributed by atoms with van der Waals surface area (Å²) in [5.41, 5.74) is 0.406. The average Bonchev–Trinajstić information content (AvgIpc) is 2.59. The summed E-state index contributed by atoms with van der Waals surface area (Å²) < 4.78 is 27.3. The number of rotatable bonds is 3. The summed E-state index contributed by atoms with van der Waals surface area (Å²) >= 11 is 15.8. The molecule has 2 rings (SSSR count). The van der Waals surface area contributed by atoms with Crippen LogP contribution in [0.25, 0.3) is 0 Å². The van der Waals surface area contributed by atoms with Crippen molar-refractivity contribution in [3.05, 3.63) is 44.2 Å². The van der Waals surface area contributed by atoms with E-state index >= 15 is 0 Å². The number of thiophene rings is 1. The lowest BCUT2D eigenvalue weighted by molar-refractivity contribution is 0.603. The van der Waals surface area contributed by atoms with E-state index in [-0.39, 0.29) is 4.21 Å². The van der Waals surface area contributed by atoms with Gasteiger partial charge in [0.15, 0.2) is 0 Å². The predicted molar refractivity (Wildman–Crippen MR) is 79.3 cm³/mol. The van der Waals surface area contributed by atoms with E-state index in [1.165, 1.54) is 12.1 Å². The van der Waals surface area contributed by atoms with Crippen molar-refractivity contribution >= 4 is 66.2 Å². The van der Waals surface area contributed by atoms with Crippen LogP contribution < -0.4 is 4.72 Å². The largest absolute Gasteiger partial charge is 0.279 e. The van der Waals surface area contributed by atoms with Crippen LogP contribution in [0.2, 0.25) is 10.0 Å². The lowest BCUT2D eigenvalue weighted by atomic mass is 10.3. The zero-order chi connectivity index (χ0) is 13.3. The Morgan fingerprint density at radius 2 is 1.94 bits per heavy atom. The molecule has 0 unspecified atom stereocenters. The molecule has 0 aliphatic heterocycles. The molecule has 0 atom stereocenters. The van der Waals surface area contributed by atoms with Gasteiger partial charge >= 0.3 is 0 Å². The van der Waals surface area contributed by atoms with Gasteiger partial charge in [-0.05, 0) is 40.2 Å². The Kier molecular flexibility index (Phi) is 4.23. The van der Waals surface area contributed by atoms with Gasteiger partial charge in [-0.2, -0.15) is 0 Å². The van der Waals surface area contributed by atoms with Gasteiger partial charge in [0.25, 0.3) is 10.0 Å². The molecule has 18 heavy (non-hydrogen) atoms. The second-order valence-electron chi connectivity index (χ2n) is 3.30. The summed E-state index contributed by atoms with van der Waals surface area (Å²) in [4.78, 5) is 0. The Labute approximate surface area is 127 Å². The van der Waals surface area contributed by atoms with Crippen molar-refractivity contribution in [3.63, 3.8) is 0 Å². The van der Waals surface area contributed by atoms with Crippen LogP contribution in [0.3, 0.4) is 0 Å². The van der Waals surface area contributed by atoms with Gasteiger partial charge in [-0.15, -0.1) is 11.3 Å². The molecular formula is C10H6BrCl2NO2S2. The first-order valence-corrected chi connectivity index (χ1v) is 8.46. The molecule has 1 aromatic carbocycles. The molecule has 1 heterocycles. The monoisotopic (exact) mass is 385 g/mol. The van der Waals surface area contributed by atoms with E-state index in [1.54, 1.807) is 18.2 Å². The molecule has 0 aliphatic rings. The number of anilines is 1. The normalized spacial score (nSPS) is 11.5. The van der Waals surface area contributed by atoms with Gasteiger partial charge in [0.2, 0.25) is 0 Å². The maximum atomic E-state index is 12.1. The maximum Gasteiger partial charge on any atom is 0.271 e. The third-order valence-electron chi connectivity index (χ3n) is 1.96. The lowest BCUT2D eigenvalue weighted by Gasteiger charge is -2.05. The third-order valence-corrected chi connectivity index (χ3v) is 6.53. The van der Waals surface area contributed by atoms with Gasteiger partial charge in [-0.1, -0.05) is 29.3 Å². The molecule has 3 nitrogen and oxygen atoms in total. The lowest BCUT2D eigenvalue weighted by Crippen LogP contribution is -2.11. The first kappa shape index (κ1) is 14.1. The molecule has 0 spiro atoms. The fourth-order valence-electron chi connectivity index (χ4n) is 1.22. The van der Waals surface area contributed by atoms with Gasteiger partial charge in [-0.3, -0.25) is 4.72 Å². The minimum absolute atomic E-state index is 0.138. The van der Waals surface area contributed by atoms with Crippen molar-refractivity contribution in [3.8, 4) is 0 Å². The van der Waals surface area contributed by atoms with Crippen LogP contribution in [-0.4, -0.2) is 8.42 Å². The standard InChI is InChI=1S/C10H6BrCl2NO2S2/c11-10-8(13)5-9(17-10)18(15,16)14-7-3-1-2-6(12)4-7/h1-5,14H. The van der Waals surface area contributed by atoms with Crippen molar-refractivity contribution in [2.24, 2.45) is 0 Å². The van der Waals surface area contributed by atoms with Crippen LogP contribution in [0.15, 0.2) is 38.3 Å². The van der Waals surface area contributed by atoms with Crippen LogP contribution in [0.5, 0.6) is 0 Å². The summed E-state index contributed by atoms with van der Waals surface area (Å²) in [6, 6.07) is 7.87. The van der Waals surface area contributed by atoms with E-state index in [4.69, 9.17) is 23.2 Å².